The highest BCUT2D eigenvalue weighted by atomic mass is 32.2. The number of aliphatic carboxylic acids is 1. The van der Waals surface area contributed by atoms with Crippen molar-refractivity contribution in [2.24, 2.45) is 0 Å². The van der Waals surface area contributed by atoms with Crippen LogP contribution in [0.4, 0.5) is 0 Å². The monoisotopic (exact) mass is 242 g/mol. The van der Waals surface area contributed by atoms with Gasteiger partial charge in [0.15, 0.2) is 0 Å². The third-order valence-corrected chi connectivity index (χ3v) is 3.17. The van der Waals surface area contributed by atoms with Gasteiger partial charge in [-0.15, -0.1) is 11.8 Å². The van der Waals surface area contributed by atoms with E-state index in [-0.39, 0.29) is 0 Å². The molecule has 0 aromatic heterocycles. The van der Waals surface area contributed by atoms with Gasteiger partial charge in [-0.1, -0.05) is 0 Å². The van der Waals surface area contributed by atoms with E-state index in [1.54, 1.807) is 39.3 Å². The fraction of sp³-hybridized carbons (Fsp3) is 0.364. The first-order valence-corrected chi connectivity index (χ1v) is 5.58. The average molecular weight is 242 g/mol. The summed E-state index contributed by atoms with van der Waals surface area (Å²) < 4.78 is 10.2. The van der Waals surface area contributed by atoms with Gasteiger partial charge in [-0.2, -0.15) is 0 Å². The molecular formula is C11H14O4S. The maximum absolute atomic E-state index is 10.7. The van der Waals surface area contributed by atoms with Crippen molar-refractivity contribution in [3.8, 4) is 11.5 Å². The smallest absolute Gasteiger partial charge is 0.316 e. The van der Waals surface area contributed by atoms with Gasteiger partial charge < -0.3 is 14.6 Å². The molecule has 0 fully saturated rings. The predicted molar refractivity (Wildman–Crippen MR) is 62.5 cm³/mol. The van der Waals surface area contributed by atoms with Gasteiger partial charge in [-0.25, -0.2) is 0 Å². The lowest BCUT2D eigenvalue weighted by molar-refractivity contribution is -0.136. The van der Waals surface area contributed by atoms with Crippen molar-refractivity contribution in [2.75, 3.05) is 14.2 Å². The quantitative estimate of drug-likeness (QED) is 0.803. The Hall–Kier alpha value is -1.36. The van der Waals surface area contributed by atoms with Crippen LogP contribution in [-0.2, 0) is 4.79 Å². The molecule has 88 valence electrons. The van der Waals surface area contributed by atoms with E-state index >= 15 is 0 Å². The van der Waals surface area contributed by atoms with Crippen LogP contribution in [0.25, 0.3) is 0 Å². The van der Waals surface area contributed by atoms with Crippen LogP contribution in [0.2, 0.25) is 0 Å². The summed E-state index contributed by atoms with van der Waals surface area (Å²) in [5, 5.41) is 8.31. The Bertz CT molecular complexity index is 378. The summed E-state index contributed by atoms with van der Waals surface area (Å²) in [5.74, 6) is 0.462. The summed E-state index contributed by atoms with van der Waals surface area (Å²) in [6.45, 7) is 1.64. The number of ether oxygens (including phenoxy) is 2. The van der Waals surface area contributed by atoms with Crippen LogP contribution in [0, 0.1) is 0 Å². The number of hydrogen-bond donors (Lipinski definition) is 1. The molecule has 0 aliphatic rings. The number of hydrogen-bond acceptors (Lipinski definition) is 4. The van der Waals surface area contributed by atoms with E-state index in [9.17, 15) is 4.79 Å². The number of rotatable bonds is 5. The fourth-order valence-electron chi connectivity index (χ4n) is 1.11. The van der Waals surface area contributed by atoms with Crippen molar-refractivity contribution in [3.05, 3.63) is 18.2 Å². The minimum absolute atomic E-state index is 0.512. The zero-order chi connectivity index (χ0) is 12.1. The highest BCUT2D eigenvalue weighted by Crippen LogP contribution is 2.34. The summed E-state index contributed by atoms with van der Waals surface area (Å²) in [6, 6.07) is 5.30. The number of carbonyl (C=O) groups is 1. The molecule has 16 heavy (non-hydrogen) atoms. The normalized spacial score (nSPS) is 11.9. The van der Waals surface area contributed by atoms with Gasteiger partial charge in [0, 0.05) is 6.07 Å². The van der Waals surface area contributed by atoms with Crippen molar-refractivity contribution < 1.29 is 19.4 Å². The number of benzene rings is 1. The number of thioether (sulfide) groups is 1. The second kappa shape index (κ2) is 5.65. The maximum atomic E-state index is 10.7. The molecule has 1 unspecified atom stereocenters. The van der Waals surface area contributed by atoms with Crippen molar-refractivity contribution in [1.29, 1.82) is 0 Å². The van der Waals surface area contributed by atoms with Crippen LogP contribution in [0.15, 0.2) is 23.1 Å². The standard InChI is InChI=1S/C11H14O4S/c1-7(11(12)13)16-10-5-4-8(14-2)6-9(10)15-3/h4-7H,1-3H3,(H,12,13). The van der Waals surface area contributed by atoms with E-state index < -0.39 is 11.2 Å². The molecule has 1 N–H and O–H groups in total. The first-order chi connectivity index (χ1) is 7.58. The average Bonchev–Trinajstić information content (AvgIpc) is 2.29. The maximum Gasteiger partial charge on any atom is 0.316 e. The van der Waals surface area contributed by atoms with Crippen LogP contribution in [0.5, 0.6) is 11.5 Å². The van der Waals surface area contributed by atoms with E-state index in [4.69, 9.17) is 14.6 Å². The third-order valence-electron chi connectivity index (χ3n) is 2.02. The Morgan fingerprint density at radius 3 is 2.56 bits per heavy atom. The Kier molecular flexibility index (Phi) is 4.49. The lowest BCUT2D eigenvalue weighted by atomic mass is 10.3. The molecule has 0 aliphatic heterocycles. The molecule has 0 saturated carbocycles. The topological polar surface area (TPSA) is 55.8 Å². The minimum Gasteiger partial charge on any atom is -0.497 e. The van der Waals surface area contributed by atoms with E-state index in [1.165, 1.54) is 11.8 Å². The molecule has 1 rings (SSSR count). The second-order valence-corrected chi connectivity index (χ2v) is 4.50. The molecule has 0 amide bonds. The van der Waals surface area contributed by atoms with Crippen molar-refractivity contribution in [1.82, 2.24) is 0 Å². The molecule has 0 aliphatic carbocycles. The Labute approximate surface area is 98.6 Å². The number of methoxy groups -OCH3 is 2. The molecule has 1 aromatic carbocycles. The Morgan fingerprint density at radius 2 is 2.06 bits per heavy atom. The highest BCUT2D eigenvalue weighted by Gasteiger charge is 2.15. The highest BCUT2D eigenvalue weighted by molar-refractivity contribution is 8.00. The third kappa shape index (κ3) is 3.06. The molecule has 0 bridgehead atoms. The van der Waals surface area contributed by atoms with E-state index in [0.29, 0.717) is 11.5 Å². The first-order valence-electron chi connectivity index (χ1n) is 4.70. The molecule has 1 aromatic rings. The number of carboxylic acid groups (broad SMARTS) is 1. The van der Waals surface area contributed by atoms with E-state index in [2.05, 4.69) is 0 Å². The largest absolute Gasteiger partial charge is 0.497 e. The van der Waals surface area contributed by atoms with Gasteiger partial charge in [0.2, 0.25) is 0 Å². The molecule has 1 atom stereocenters. The lowest BCUT2D eigenvalue weighted by Gasteiger charge is -2.11. The van der Waals surface area contributed by atoms with Gasteiger partial charge >= 0.3 is 5.97 Å². The van der Waals surface area contributed by atoms with E-state index in [0.717, 1.165) is 4.90 Å². The fourth-order valence-corrected chi connectivity index (χ4v) is 2.00. The summed E-state index contributed by atoms with van der Waals surface area (Å²) in [4.78, 5) is 11.5. The van der Waals surface area contributed by atoms with Crippen LogP contribution >= 0.6 is 11.8 Å². The number of carboxylic acids is 1. The summed E-state index contributed by atoms with van der Waals surface area (Å²) in [7, 11) is 3.12. The molecular weight excluding hydrogens is 228 g/mol. The predicted octanol–water partition coefficient (Wildman–Crippen LogP) is 2.27. The van der Waals surface area contributed by atoms with Crippen LogP contribution in [-0.4, -0.2) is 30.5 Å². The van der Waals surface area contributed by atoms with Crippen LogP contribution in [0.3, 0.4) is 0 Å². The second-order valence-electron chi connectivity index (χ2n) is 3.12. The first kappa shape index (κ1) is 12.7. The summed E-state index contributed by atoms with van der Waals surface area (Å²) in [5.41, 5.74) is 0. The summed E-state index contributed by atoms with van der Waals surface area (Å²) >= 11 is 1.24. The molecule has 0 saturated heterocycles. The molecule has 5 heteroatoms. The zero-order valence-electron chi connectivity index (χ0n) is 9.39. The summed E-state index contributed by atoms with van der Waals surface area (Å²) in [6.07, 6.45) is 0. The van der Waals surface area contributed by atoms with Gasteiger partial charge in [0.25, 0.3) is 0 Å². The molecule has 0 spiro atoms. The molecule has 0 radical (unpaired) electrons. The minimum atomic E-state index is -0.845. The lowest BCUT2D eigenvalue weighted by Crippen LogP contribution is -2.11. The Morgan fingerprint density at radius 1 is 1.38 bits per heavy atom. The zero-order valence-corrected chi connectivity index (χ0v) is 10.2. The van der Waals surface area contributed by atoms with Gasteiger partial charge in [0.05, 0.1) is 19.1 Å². The molecule has 0 heterocycles. The van der Waals surface area contributed by atoms with Gasteiger partial charge in [-0.3, -0.25) is 4.79 Å². The van der Waals surface area contributed by atoms with E-state index in [1.807, 2.05) is 0 Å². The molecule has 4 nitrogen and oxygen atoms in total. The van der Waals surface area contributed by atoms with Crippen molar-refractivity contribution >= 4 is 17.7 Å². The van der Waals surface area contributed by atoms with Crippen LogP contribution in [0.1, 0.15) is 6.92 Å². The van der Waals surface area contributed by atoms with Gasteiger partial charge in [-0.05, 0) is 19.1 Å². The van der Waals surface area contributed by atoms with Crippen LogP contribution < -0.4 is 9.47 Å². The van der Waals surface area contributed by atoms with Gasteiger partial charge in [0.1, 0.15) is 16.7 Å². The van der Waals surface area contributed by atoms with Crippen molar-refractivity contribution in [2.45, 2.75) is 17.1 Å². The SMILES string of the molecule is COc1ccc(SC(C)C(=O)O)c(OC)c1. The van der Waals surface area contributed by atoms with Crippen molar-refractivity contribution in [3.63, 3.8) is 0 Å². The Balaban J connectivity index is 2.91.